The third-order valence-corrected chi connectivity index (χ3v) is 4.77. The highest BCUT2D eigenvalue weighted by Gasteiger charge is 2.35. The highest BCUT2D eigenvalue weighted by atomic mass is 32.2. The summed E-state index contributed by atoms with van der Waals surface area (Å²) in [6, 6.07) is 0. The van der Waals surface area contributed by atoms with Crippen molar-refractivity contribution >= 4 is 24.7 Å². The van der Waals surface area contributed by atoms with Gasteiger partial charge in [-0.1, -0.05) is 27.2 Å². The van der Waals surface area contributed by atoms with E-state index in [1.807, 2.05) is 13.8 Å². The molecular weight excluding hydrogens is 308 g/mol. The van der Waals surface area contributed by atoms with E-state index in [0.717, 1.165) is 19.0 Å². The van der Waals surface area contributed by atoms with Crippen LogP contribution in [-0.4, -0.2) is 41.5 Å². The van der Waals surface area contributed by atoms with E-state index < -0.39 is 24.5 Å². The van der Waals surface area contributed by atoms with Gasteiger partial charge in [-0.25, -0.2) is 0 Å². The molecule has 0 amide bonds. The van der Waals surface area contributed by atoms with Crippen LogP contribution in [0.4, 0.5) is 0 Å². The molecule has 0 aliphatic carbocycles. The molecule has 0 heterocycles. The molecular formula is C14H30O5SSi. The maximum atomic E-state index is 11.4. The SMILES string of the molecule is CCC[C@@H](OS(C)(=O)=O)[C@H](C)[C@@H](O[Si](C)(C)C)[C@H](C)C=O. The van der Waals surface area contributed by atoms with E-state index in [4.69, 9.17) is 8.61 Å². The highest BCUT2D eigenvalue weighted by Crippen LogP contribution is 2.27. The Morgan fingerprint density at radius 3 is 2.05 bits per heavy atom. The van der Waals surface area contributed by atoms with Crippen molar-refractivity contribution in [1.82, 2.24) is 0 Å². The summed E-state index contributed by atoms with van der Waals surface area (Å²) in [7, 11) is -5.39. The van der Waals surface area contributed by atoms with Crippen molar-refractivity contribution in [2.45, 2.75) is 65.5 Å². The summed E-state index contributed by atoms with van der Waals surface area (Å²) in [4.78, 5) is 11.2. The minimum Gasteiger partial charge on any atom is -0.414 e. The minimum absolute atomic E-state index is 0.174. The second-order valence-corrected chi connectivity index (χ2v) is 12.7. The van der Waals surface area contributed by atoms with Gasteiger partial charge in [0.1, 0.15) is 6.29 Å². The molecule has 0 saturated heterocycles. The number of hydrogen-bond donors (Lipinski definition) is 0. The Bertz CT molecular complexity index is 416. The maximum Gasteiger partial charge on any atom is 0.264 e. The average molecular weight is 339 g/mol. The van der Waals surface area contributed by atoms with Crippen LogP contribution >= 0.6 is 0 Å². The van der Waals surface area contributed by atoms with Gasteiger partial charge >= 0.3 is 0 Å². The lowest BCUT2D eigenvalue weighted by Crippen LogP contribution is -2.44. The van der Waals surface area contributed by atoms with Crippen molar-refractivity contribution < 1.29 is 21.8 Å². The molecule has 0 aliphatic heterocycles. The molecule has 21 heavy (non-hydrogen) atoms. The van der Waals surface area contributed by atoms with Gasteiger partial charge in [0, 0.05) is 11.8 Å². The van der Waals surface area contributed by atoms with E-state index in [1.165, 1.54) is 0 Å². The fraction of sp³-hybridized carbons (Fsp3) is 0.929. The van der Waals surface area contributed by atoms with Crippen LogP contribution in [-0.2, 0) is 23.5 Å². The summed E-state index contributed by atoms with van der Waals surface area (Å²) in [6.07, 6.45) is 2.55. The normalized spacial score (nSPS) is 18.8. The molecule has 0 aromatic rings. The van der Waals surface area contributed by atoms with Crippen LogP contribution in [0.25, 0.3) is 0 Å². The predicted octanol–water partition coefficient (Wildman–Crippen LogP) is 2.82. The monoisotopic (exact) mass is 338 g/mol. The van der Waals surface area contributed by atoms with Gasteiger partial charge in [0.15, 0.2) is 8.32 Å². The molecule has 0 unspecified atom stereocenters. The van der Waals surface area contributed by atoms with Gasteiger partial charge in [0.25, 0.3) is 10.1 Å². The molecule has 0 spiro atoms. The van der Waals surface area contributed by atoms with Gasteiger partial charge in [-0.05, 0) is 26.1 Å². The van der Waals surface area contributed by atoms with Crippen molar-refractivity contribution in [2.24, 2.45) is 11.8 Å². The minimum atomic E-state index is -3.53. The Morgan fingerprint density at radius 2 is 1.71 bits per heavy atom. The molecule has 0 aromatic carbocycles. The van der Waals surface area contributed by atoms with Gasteiger partial charge < -0.3 is 9.22 Å². The van der Waals surface area contributed by atoms with E-state index in [-0.39, 0.29) is 17.9 Å². The zero-order chi connectivity index (χ0) is 16.8. The molecule has 0 rings (SSSR count). The van der Waals surface area contributed by atoms with Crippen molar-refractivity contribution in [3.05, 3.63) is 0 Å². The van der Waals surface area contributed by atoms with Crippen LogP contribution in [0.1, 0.15) is 33.6 Å². The molecule has 0 N–H and O–H groups in total. The maximum absolute atomic E-state index is 11.4. The summed E-state index contributed by atoms with van der Waals surface area (Å²) in [5, 5.41) is 0. The second-order valence-electron chi connectivity index (χ2n) is 6.68. The molecule has 0 saturated carbocycles. The Hall–Kier alpha value is -0.243. The summed E-state index contributed by atoms with van der Waals surface area (Å²) in [5.41, 5.74) is 0. The molecule has 0 aliphatic rings. The van der Waals surface area contributed by atoms with Crippen LogP contribution in [0.5, 0.6) is 0 Å². The molecule has 5 nitrogen and oxygen atoms in total. The van der Waals surface area contributed by atoms with Crippen LogP contribution in [0.15, 0.2) is 0 Å². The Labute approximate surface area is 130 Å². The van der Waals surface area contributed by atoms with Crippen LogP contribution in [0, 0.1) is 11.8 Å². The molecule has 0 fully saturated rings. The summed E-state index contributed by atoms with van der Waals surface area (Å²) in [5.74, 6) is -0.471. The quantitative estimate of drug-likeness (QED) is 0.348. The predicted molar refractivity (Wildman–Crippen MR) is 87.2 cm³/mol. The molecule has 0 aromatic heterocycles. The van der Waals surface area contributed by atoms with E-state index in [2.05, 4.69) is 19.6 Å². The number of carbonyl (C=O) groups excluding carboxylic acids is 1. The Kier molecular flexibility index (Phi) is 8.31. The fourth-order valence-corrected chi connectivity index (χ4v) is 4.26. The van der Waals surface area contributed by atoms with Crippen LogP contribution in [0.3, 0.4) is 0 Å². The molecule has 7 heteroatoms. The average Bonchev–Trinajstić information content (AvgIpc) is 2.31. The first-order chi connectivity index (χ1) is 9.41. The lowest BCUT2D eigenvalue weighted by atomic mass is 9.88. The number of aldehydes is 1. The Balaban J connectivity index is 5.27. The van der Waals surface area contributed by atoms with Gasteiger partial charge in [0.2, 0.25) is 0 Å². The number of carbonyl (C=O) groups is 1. The largest absolute Gasteiger partial charge is 0.414 e. The zero-order valence-corrected chi connectivity index (χ0v) is 16.1. The lowest BCUT2D eigenvalue weighted by Gasteiger charge is -2.36. The summed E-state index contributed by atoms with van der Waals surface area (Å²) >= 11 is 0. The first-order valence-corrected chi connectivity index (χ1v) is 12.6. The zero-order valence-electron chi connectivity index (χ0n) is 14.3. The first kappa shape index (κ1) is 20.8. The van der Waals surface area contributed by atoms with Crippen molar-refractivity contribution in [3.8, 4) is 0 Å². The van der Waals surface area contributed by atoms with Gasteiger partial charge in [-0.15, -0.1) is 0 Å². The van der Waals surface area contributed by atoms with E-state index >= 15 is 0 Å². The third kappa shape index (κ3) is 8.70. The van der Waals surface area contributed by atoms with E-state index in [1.54, 1.807) is 6.92 Å². The molecule has 0 bridgehead atoms. The highest BCUT2D eigenvalue weighted by molar-refractivity contribution is 7.86. The van der Waals surface area contributed by atoms with E-state index in [0.29, 0.717) is 6.42 Å². The lowest BCUT2D eigenvalue weighted by molar-refractivity contribution is -0.115. The molecule has 0 radical (unpaired) electrons. The standard InChI is InChI=1S/C14H30O5SSi/c1-8-9-13(18-20(4,16)17)12(3)14(11(2)10-15)19-21(5,6)7/h10-14H,8-9H2,1-7H3/t11-,12+,13-,14+/m1/s1. The van der Waals surface area contributed by atoms with Crippen molar-refractivity contribution in [3.63, 3.8) is 0 Å². The second kappa shape index (κ2) is 8.41. The molecule has 4 atom stereocenters. The summed E-state index contributed by atoms with van der Waals surface area (Å²) in [6.45, 7) is 11.8. The summed E-state index contributed by atoms with van der Waals surface area (Å²) < 4.78 is 34.2. The molecule has 126 valence electrons. The van der Waals surface area contributed by atoms with Crippen LogP contribution < -0.4 is 0 Å². The van der Waals surface area contributed by atoms with Crippen LogP contribution in [0.2, 0.25) is 19.6 Å². The third-order valence-electron chi connectivity index (χ3n) is 3.20. The van der Waals surface area contributed by atoms with Gasteiger partial charge in [-0.2, -0.15) is 8.42 Å². The topological polar surface area (TPSA) is 69.7 Å². The Morgan fingerprint density at radius 1 is 1.19 bits per heavy atom. The first-order valence-electron chi connectivity index (χ1n) is 7.42. The van der Waals surface area contributed by atoms with Gasteiger partial charge in [-0.3, -0.25) is 4.18 Å². The van der Waals surface area contributed by atoms with Crippen molar-refractivity contribution in [1.29, 1.82) is 0 Å². The fourth-order valence-electron chi connectivity index (χ4n) is 2.30. The smallest absolute Gasteiger partial charge is 0.264 e. The van der Waals surface area contributed by atoms with Gasteiger partial charge in [0.05, 0.1) is 18.5 Å². The number of hydrogen-bond acceptors (Lipinski definition) is 5. The van der Waals surface area contributed by atoms with Crippen molar-refractivity contribution in [2.75, 3.05) is 6.26 Å². The number of rotatable bonds is 10. The van der Waals surface area contributed by atoms with E-state index in [9.17, 15) is 13.2 Å².